The molecule has 0 bridgehead atoms. The van der Waals surface area contributed by atoms with Gasteiger partial charge in [0.2, 0.25) is 5.91 Å². The second-order valence-electron chi connectivity index (χ2n) is 5.49. The fourth-order valence-electron chi connectivity index (χ4n) is 1.96. The average molecular weight is 323 g/mol. The SMILES string of the molecule is CC[C@@H](C)[C@H](NC(=O)CSc1ccc(C)c(C)c1)C(=O)OC. The summed E-state index contributed by atoms with van der Waals surface area (Å²) in [6.07, 6.45) is 0.796. The monoisotopic (exact) mass is 323 g/mol. The zero-order valence-electron chi connectivity index (χ0n) is 13.9. The van der Waals surface area contributed by atoms with Gasteiger partial charge in [-0.1, -0.05) is 26.3 Å². The smallest absolute Gasteiger partial charge is 0.328 e. The quantitative estimate of drug-likeness (QED) is 0.619. The zero-order valence-corrected chi connectivity index (χ0v) is 14.8. The van der Waals surface area contributed by atoms with Crippen LogP contribution in [0.1, 0.15) is 31.4 Å². The van der Waals surface area contributed by atoms with Gasteiger partial charge >= 0.3 is 5.97 Å². The van der Waals surface area contributed by atoms with Crippen molar-refractivity contribution in [1.29, 1.82) is 0 Å². The van der Waals surface area contributed by atoms with Crippen molar-refractivity contribution >= 4 is 23.6 Å². The van der Waals surface area contributed by atoms with Gasteiger partial charge in [0.05, 0.1) is 12.9 Å². The van der Waals surface area contributed by atoms with Crippen LogP contribution in [0, 0.1) is 19.8 Å². The number of amides is 1. The second-order valence-corrected chi connectivity index (χ2v) is 6.54. The fraction of sp³-hybridized carbons (Fsp3) is 0.529. The highest BCUT2D eigenvalue weighted by Gasteiger charge is 2.26. The van der Waals surface area contributed by atoms with Crippen LogP contribution in [0.4, 0.5) is 0 Å². The highest BCUT2D eigenvalue weighted by Crippen LogP contribution is 2.21. The van der Waals surface area contributed by atoms with Crippen LogP contribution >= 0.6 is 11.8 Å². The summed E-state index contributed by atoms with van der Waals surface area (Å²) < 4.78 is 4.77. The Labute approximate surface area is 137 Å². The molecule has 0 spiro atoms. The van der Waals surface area contributed by atoms with E-state index in [-0.39, 0.29) is 23.5 Å². The summed E-state index contributed by atoms with van der Waals surface area (Å²) in [5.41, 5.74) is 2.44. The van der Waals surface area contributed by atoms with Gasteiger partial charge < -0.3 is 10.1 Å². The Morgan fingerprint density at radius 2 is 1.95 bits per heavy atom. The van der Waals surface area contributed by atoms with Gasteiger partial charge in [0, 0.05) is 4.90 Å². The number of carbonyl (C=O) groups is 2. The number of aryl methyl sites for hydroxylation is 2. The Kier molecular flexibility index (Phi) is 7.45. The minimum absolute atomic E-state index is 0.0445. The number of esters is 1. The number of rotatable bonds is 7. The van der Waals surface area contributed by atoms with E-state index in [0.717, 1.165) is 11.3 Å². The van der Waals surface area contributed by atoms with Gasteiger partial charge in [-0.15, -0.1) is 11.8 Å². The lowest BCUT2D eigenvalue weighted by atomic mass is 9.99. The van der Waals surface area contributed by atoms with E-state index in [9.17, 15) is 9.59 Å². The molecule has 22 heavy (non-hydrogen) atoms. The lowest BCUT2D eigenvalue weighted by molar-refractivity contribution is -0.146. The molecule has 1 N–H and O–H groups in total. The Bertz CT molecular complexity index is 531. The Morgan fingerprint density at radius 3 is 2.50 bits per heavy atom. The Morgan fingerprint density at radius 1 is 1.27 bits per heavy atom. The van der Waals surface area contributed by atoms with Gasteiger partial charge in [-0.2, -0.15) is 0 Å². The van der Waals surface area contributed by atoms with E-state index in [1.165, 1.54) is 30.0 Å². The largest absolute Gasteiger partial charge is 0.467 e. The van der Waals surface area contributed by atoms with E-state index in [4.69, 9.17) is 4.74 Å². The number of hydrogen-bond donors (Lipinski definition) is 1. The van der Waals surface area contributed by atoms with E-state index in [1.54, 1.807) is 0 Å². The lowest BCUT2D eigenvalue weighted by Gasteiger charge is -2.21. The number of hydrogen-bond acceptors (Lipinski definition) is 4. The second kappa shape index (κ2) is 8.83. The maximum Gasteiger partial charge on any atom is 0.328 e. The van der Waals surface area contributed by atoms with Crippen LogP contribution in [0.25, 0.3) is 0 Å². The Hall–Kier alpha value is -1.49. The van der Waals surface area contributed by atoms with Gasteiger partial charge in [-0.3, -0.25) is 4.79 Å². The number of ether oxygens (including phenoxy) is 1. The van der Waals surface area contributed by atoms with Crippen LogP contribution in [-0.4, -0.2) is 30.8 Å². The molecule has 0 unspecified atom stereocenters. The molecule has 0 fully saturated rings. The van der Waals surface area contributed by atoms with Gasteiger partial charge in [-0.05, 0) is 43.0 Å². The van der Waals surface area contributed by atoms with Crippen molar-refractivity contribution in [3.8, 4) is 0 Å². The highest BCUT2D eigenvalue weighted by atomic mass is 32.2. The summed E-state index contributed by atoms with van der Waals surface area (Å²) >= 11 is 1.47. The van der Waals surface area contributed by atoms with E-state index in [2.05, 4.69) is 25.2 Å². The van der Waals surface area contributed by atoms with Crippen molar-refractivity contribution in [2.24, 2.45) is 5.92 Å². The summed E-state index contributed by atoms with van der Waals surface area (Å²) in [5.74, 6) is -0.215. The molecule has 0 aliphatic carbocycles. The molecule has 0 aromatic heterocycles. The Balaban J connectivity index is 2.60. The normalized spacial score (nSPS) is 13.3. The molecule has 122 valence electrons. The average Bonchev–Trinajstić information content (AvgIpc) is 2.52. The summed E-state index contributed by atoms with van der Waals surface area (Å²) in [7, 11) is 1.34. The van der Waals surface area contributed by atoms with Crippen molar-refractivity contribution in [3.05, 3.63) is 29.3 Å². The van der Waals surface area contributed by atoms with E-state index >= 15 is 0 Å². The third-order valence-electron chi connectivity index (χ3n) is 3.83. The van der Waals surface area contributed by atoms with Crippen molar-refractivity contribution in [3.63, 3.8) is 0 Å². The van der Waals surface area contributed by atoms with Crippen LogP contribution < -0.4 is 5.32 Å². The van der Waals surface area contributed by atoms with Crippen molar-refractivity contribution in [2.45, 2.75) is 45.1 Å². The topological polar surface area (TPSA) is 55.4 Å². The summed E-state index contributed by atoms with van der Waals surface area (Å²) in [4.78, 5) is 24.9. The first-order chi connectivity index (χ1) is 10.4. The first kappa shape index (κ1) is 18.6. The molecule has 5 heteroatoms. The van der Waals surface area contributed by atoms with E-state index in [1.807, 2.05) is 26.0 Å². The maximum absolute atomic E-state index is 12.1. The molecule has 2 atom stereocenters. The molecule has 4 nitrogen and oxygen atoms in total. The zero-order chi connectivity index (χ0) is 16.7. The molecule has 0 aliphatic rings. The number of nitrogens with one attached hydrogen (secondary N) is 1. The molecule has 1 rings (SSSR count). The summed E-state index contributed by atoms with van der Waals surface area (Å²) in [5, 5.41) is 2.78. The molecular formula is C17H25NO3S. The van der Waals surface area contributed by atoms with Gasteiger partial charge in [-0.25, -0.2) is 4.79 Å². The fourth-order valence-corrected chi connectivity index (χ4v) is 2.77. The maximum atomic E-state index is 12.1. The molecule has 0 radical (unpaired) electrons. The van der Waals surface area contributed by atoms with Crippen molar-refractivity contribution < 1.29 is 14.3 Å². The molecule has 0 heterocycles. The predicted molar refractivity (Wildman–Crippen MR) is 90.0 cm³/mol. The van der Waals surface area contributed by atoms with Crippen LogP contribution in [0.3, 0.4) is 0 Å². The molecule has 0 saturated heterocycles. The van der Waals surface area contributed by atoms with Gasteiger partial charge in [0.15, 0.2) is 0 Å². The molecule has 1 amide bonds. The third kappa shape index (κ3) is 5.37. The van der Waals surface area contributed by atoms with E-state index in [0.29, 0.717) is 0 Å². The van der Waals surface area contributed by atoms with Crippen LogP contribution in [0.15, 0.2) is 23.1 Å². The standard InChI is InChI=1S/C17H25NO3S/c1-6-11(2)16(17(20)21-5)18-15(19)10-22-14-8-7-12(3)13(4)9-14/h7-9,11,16H,6,10H2,1-5H3,(H,18,19)/t11-,16+/m1/s1. The van der Waals surface area contributed by atoms with Crippen LogP contribution in [0.5, 0.6) is 0 Å². The highest BCUT2D eigenvalue weighted by molar-refractivity contribution is 8.00. The van der Waals surface area contributed by atoms with Crippen LogP contribution in [-0.2, 0) is 14.3 Å². The summed E-state index contributed by atoms with van der Waals surface area (Å²) in [6, 6.07) is 5.54. The minimum atomic E-state index is -0.581. The minimum Gasteiger partial charge on any atom is -0.467 e. The van der Waals surface area contributed by atoms with Gasteiger partial charge in [0.1, 0.15) is 6.04 Å². The number of thioether (sulfide) groups is 1. The predicted octanol–water partition coefficient (Wildman–Crippen LogP) is 3.10. The van der Waals surface area contributed by atoms with Crippen LogP contribution in [0.2, 0.25) is 0 Å². The number of benzene rings is 1. The van der Waals surface area contributed by atoms with E-state index < -0.39 is 6.04 Å². The first-order valence-corrected chi connectivity index (χ1v) is 8.44. The number of methoxy groups -OCH3 is 1. The molecule has 1 aromatic carbocycles. The molecule has 0 aliphatic heterocycles. The van der Waals surface area contributed by atoms with Crippen molar-refractivity contribution in [2.75, 3.05) is 12.9 Å². The molecule has 0 saturated carbocycles. The summed E-state index contributed by atoms with van der Waals surface area (Å²) in [6.45, 7) is 8.02. The van der Waals surface area contributed by atoms with Gasteiger partial charge in [0.25, 0.3) is 0 Å². The third-order valence-corrected chi connectivity index (χ3v) is 4.83. The molecule has 1 aromatic rings. The van der Waals surface area contributed by atoms with Crippen molar-refractivity contribution in [1.82, 2.24) is 5.32 Å². The lowest BCUT2D eigenvalue weighted by Crippen LogP contribution is -2.46. The molecular weight excluding hydrogens is 298 g/mol. The first-order valence-electron chi connectivity index (χ1n) is 7.46. The number of carbonyl (C=O) groups excluding carboxylic acids is 2.